The SMILES string of the molecule is CC1(C#N)CN(Cc2nccs2)C1. The number of likely N-dealkylation sites (tertiary alicyclic amines) is 1. The van der Waals surface area contributed by atoms with Crippen molar-refractivity contribution in [1.82, 2.24) is 9.88 Å². The lowest BCUT2D eigenvalue weighted by Gasteiger charge is -2.42. The summed E-state index contributed by atoms with van der Waals surface area (Å²) in [5.74, 6) is 0. The average Bonchev–Trinajstić information content (AvgIpc) is 2.54. The van der Waals surface area contributed by atoms with Gasteiger partial charge in [0.05, 0.1) is 18.0 Å². The largest absolute Gasteiger partial charge is 0.293 e. The fourth-order valence-electron chi connectivity index (χ4n) is 1.65. The van der Waals surface area contributed by atoms with Crippen LogP contribution in [-0.4, -0.2) is 23.0 Å². The Kier molecular flexibility index (Phi) is 2.06. The smallest absolute Gasteiger partial charge is 0.107 e. The maximum Gasteiger partial charge on any atom is 0.107 e. The molecule has 1 fully saturated rings. The first kappa shape index (κ1) is 8.67. The predicted molar refractivity (Wildman–Crippen MR) is 51.1 cm³/mol. The molecule has 0 N–H and O–H groups in total. The van der Waals surface area contributed by atoms with Crippen molar-refractivity contribution in [3.05, 3.63) is 16.6 Å². The van der Waals surface area contributed by atoms with E-state index in [0.717, 1.165) is 24.6 Å². The molecule has 0 aliphatic carbocycles. The molecule has 0 atom stereocenters. The number of hydrogen-bond donors (Lipinski definition) is 0. The third-order valence-electron chi connectivity index (χ3n) is 2.26. The lowest BCUT2D eigenvalue weighted by Crippen LogP contribution is -2.53. The molecule has 1 aliphatic heterocycles. The molecule has 1 aliphatic rings. The summed E-state index contributed by atoms with van der Waals surface area (Å²) in [4.78, 5) is 6.46. The molecule has 0 radical (unpaired) electrons. The molecule has 2 rings (SSSR count). The predicted octanol–water partition coefficient (Wildman–Crippen LogP) is 1.49. The highest BCUT2D eigenvalue weighted by atomic mass is 32.1. The van der Waals surface area contributed by atoms with E-state index in [-0.39, 0.29) is 5.41 Å². The van der Waals surface area contributed by atoms with Crippen LogP contribution in [-0.2, 0) is 6.54 Å². The number of nitriles is 1. The Morgan fingerprint density at radius 1 is 1.77 bits per heavy atom. The average molecular weight is 193 g/mol. The van der Waals surface area contributed by atoms with Crippen molar-refractivity contribution in [3.63, 3.8) is 0 Å². The van der Waals surface area contributed by atoms with Crippen LogP contribution in [0.5, 0.6) is 0 Å². The van der Waals surface area contributed by atoms with Gasteiger partial charge in [-0.15, -0.1) is 11.3 Å². The van der Waals surface area contributed by atoms with E-state index in [4.69, 9.17) is 5.26 Å². The molecular weight excluding hydrogens is 182 g/mol. The summed E-state index contributed by atoms with van der Waals surface area (Å²) in [5.41, 5.74) is -0.114. The van der Waals surface area contributed by atoms with Crippen molar-refractivity contribution >= 4 is 11.3 Å². The van der Waals surface area contributed by atoms with Gasteiger partial charge in [0.15, 0.2) is 0 Å². The molecule has 1 saturated heterocycles. The van der Waals surface area contributed by atoms with E-state index in [9.17, 15) is 0 Å². The van der Waals surface area contributed by atoms with E-state index in [1.165, 1.54) is 0 Å². The van der Waals surface area contributed by atoms with Gasteiger partial charge < -0.3 is 0 Å². The molecule has 4 heteroatoms. The molecule has 0 saturated carbocycles. The summed E-state index contributed by atoms with van der Waals surface area (Å²) in [5, 5.41) is 11.9. The molecule has 0 amide bonds. The minimum atomic E-state index is -0.114. The molecule has 0 bridgehead atoms. The van der Waals surface area contributed by atoms with Crippen LogP contribution in [0, 0.1) is 16.7 Å². The Morgan fingerprint density at radius 2 is 2.54 bits per heavy atom. The molecule has 1 aromatic heterocycles. The summed E-state index contributed by atoms with van der Waals surface area (Å²) in [7, 11) is 0. The Labute approximate surface area is 81.6 Å². The highest BCUT2D eigenvalue weighted by Gasteiger charge is 2.38. The Balaban J connectivity index is 1.86. The first-order valence-electron chi connectivity index (χ1n) is 4.24. The number of thiazole rings is 1. The second kappa shape index (κ2) is 3.09. The summed E-state index contributed by atoms with van der Waals surface area (Å²) >= 11 is 1.67. The number of aromatic nitrogens is 1. The van der Waals surface area contributed by atoms with Gasteiger partial charge in [-0.3, -0.25) is 4.90 Å². The zero-order valence-corrected chi connectivity index (χ0v) is 8.34. The van der Waals surface area contributed by atoms with Crippen LogP contribution in [0.2, 0.25) is 0 Å². The van der Waals surface area contributed by atoms with Crippen LogP contribution in [0.15, 0.2) is 11.6 Å². The van der Waals surface area contributed by atoms with Gasteiger partial charge in [-0.05, 0) is 6.92 Å². The van der Waals surface area contributed by atoms with Gasteiger partial charge in [-0.2, -0.15) is 5.26 Å². The fourth-order valence-corrected chi connectivity index (χ4v) is 2.30. The van der Waals surface area contributed by atoms with E-state index < -0.39 is 0 Å². The summed E-state index contributed by atoms with van der Waals surface area (Å²) < 4.78 is 0. The van der Waals surface area contributed by atoms with Crippen molar-refractivity contribution in [2.45, 2.75) is 13.5 Å². The monoisotopic (exact) mass is 193 g/mol. The zero-order valence-electron chi connectivity index (χ0n) is 7.53. The second-order valence-corrected chi connectivity index (χ2v) is 4.72. The molecule has 0 spiro atoms. The molecule has 2 heterocycles. The van der Waals surface area contributed by atoms with Gasteiger partial charge in [0.1, 0.15) is 5.01 Å². The van der Waals surface area contributed by atoms with E-state index in [2.05, 4.69) is 16.0 Å². The minimum absolute atomic E-state index is 0.114. The lowest BCUT2D eigenvalue weighted by molar-refractivity contribution is 0.0529. The summed E-state index contributed by atoms with van der Waals surface area (Å²) in [6, 6.07) is 2.33. The molecule has 1 aromatic rings. The Morgan fingerprint density at radius 3 is 3.08 bits per heavy atom. The number of rotatable bonds is 2. The summed E-state index contributed by atoms with van der Waals surface area (Å²) in [6.07, 6.45) is 1.82. The second-order valence-electron chi connectivity index (χ2n) is 3.74. The van der Waals surface area contributed by atoms with E-state index >= 15 is 0 Å². The standard InChI is InChI=1S/C9H11N3S/c1-9(5-10)6-12(7-9)4-8-11-2-3-13-8/h2-3H,4,6-7H2,1H3. The first-order chi connectivity index (χ1) is 6.22. The molecule has 0 unspecified atom stereocenters. The summed E-state index contributed by atoms with van der Waals surface area (Å²) in [6.45, 7) is 4.66. The highest BCUT2D eigenvalue weighted by molar-refractivity contribution is 7.09. The van der Waals surface area contributed by atoms with Gasteiger partial charge in [-0.1, -0.05) is 0 Å². The van der Waals surface area contributed by atoms with Crippen molar-refractivity contribution in [2.24, 2.45) is 5.41 Å². The van der Waals surface area contributed by atoms with Gasteiger partial charge >= 0.3 is 0 Å². The lowest BCUT2D eigenvalue weighted by atomic mass is 9.84. The van der Waals surface area contributed by atoms with Crippen LogP contribution in [0.1, 0.15) is 11.9 Å². The molecular formula is C9H11N3S. The Bertz CT molecular complexity index is 319. The third-order valence-corrected chi connectivity index (χ3v) is 3.02. The van der Waals surface area contributed by atoms with E-state index in [1.807, 2.05) is 18.5 Å². The van der Waals surface area contributed by atoms with Crippen molar-refractivity contribution in [2.75, 3.05) is 13.1 Å². The third kappa shape index (κ3) is 1.71. The molecule has 3 nitrogen and oxygen atoms in total. The highest BCUT2D eigenvalue weighted by Crippen LogP contribution is 2.30. The van der Waals surface area contributed by atoms with Gasteiger partial charge in [0.2, 0.25) is 0 Å². The van der Waals surface area contributed by atoms with E-state index in [1.54, 1.807) is 11.3 Å². The maximum absolute atomic E-state index is 8.80. The van der Waals surface area contributed by atoms with Crippen LogP contribution in [0.3, 0.4) is 0 Å². The maximum atomic E-state index is 8.80. The zero-order chi connectivity index (χ0) is 9.31. The normalized spacial score (nSPS) is 20.6. The first-order valence-corrected chi connectivity index (χ1v) is 5.12. The van der Waals surface area contributed by atoms with Crippen LogP contribution in [0.4, 0.5) is 0 Å². The molecule has 0 aromatic carbocycles. The topological polar surface area (TPSA) is 39.9 Å². The van der Waals surface area contributed by atoms with Crippen LogP contribution >= 0.6 is 11.3 Å². The van der Waals surface area contributed by atoms with Crippen molar-refractivity contribution in [3.8, 4) is 6.07 Å². The Hall–Kier alpha value is -0.920. The van der Waals surface area contributed by atoms with Gasteiger partial charge in [0.25, 0.3) is 0 Å². The molecule has 68 valence electrons. The van der Waals surface area contributed by atoms with Gasteiger partial charge in [0, 0.05) is 24.7 Å². The number of nitrogens with zero attached hydrogens (tertiary/aromatic N) is 3. The number of hydrogen-bond acceptors (Lipinski definition) is 4. The fraction of sp³-hybridized carbons (Fsp3) is 0.556. The van der Waals surface area contributed by atoms with Crippen LogP contribution < -0.4 is 0 Å². The van der Waals surface area contributed by atoms with Crippen molar-refractivity contribution < 1.29 is 0 Å². The van der Waals surface area contributed by atoms with Crippen LogP contribution in [0.25, 0.3) is 0 Å². The minimum Gasteiger partial charge on any atom is -0.293 e. The quantitative estimate of drug-likeness (QED) is 0.714. The van der Waals surface area contributed by atoms with Gasteiger partial charge in [-0.25, -0.2) is 4.98 Å². The van der Waals surface area contributed by atoms with E-state index in [0.29, 0.717) is 0 Å². The van der Waals surface area contributed by atoms with Crippen molar-refractivity contribution in [1.29, 1.82) is 5.26 Å². The molecule has 13 heavy (non-hydrogen) atoms.